The van der Waals surface area contributed by atoms with Gasteiger partial charge in [0.25, 0.3) is 0 Å². The number of rotatable bonds is 3. The molecule has 0 saturated carbocycles. The van der Waals surface area contributed by atoms with Crippen molar-refractivity contribution in [3.63, 3.8) is 0 Å². The molecule has 1 aliphatic heterocycles. The van der Waals surface area contributed by atoms with Gasteiger partial charge < -0.3 is 15.3 Å². The zero-order chi connectivity index (χ0) is 14.7. The summed E-state index contributed by atoms with van der Waals surface area (Å²) in [5.41, 5.74) is 1.90. The second-order valence-corrected chi connectivity index (χ2v) is 5.31. The predicted molar refractivity (Wildman–Crippen MR) is 76.7 cm³/mol. The molecule has 1 aliphatic rings. The van der Waals surface area contributed by atoms with Gasteiger partial charge in [0.05, 0.1) is 5.92 Å². The van der Waals surface area contributed by atoms with Crippen LogP contribution in [0.3, 0.4) is 0 Å². The van der Waals surface area contributed by atoms with Crippen molar-refractivity contribution in [3.8, 4) is 0 Å². The maximum atomic E-state index is 12.1. The first kappa shape index (κ1) is 14.4. The third-order valence-electron chi connectivity index (χ3n) is 3.80. The van der Waals surface area contributed by atoms with E-state index in [4.69, 9.17) is 5.11 Å². The molecule has 0 radical (unpaired) electrons. The van der Waals surface area contributed by atoms with Crippen molar-refractivity contribution in [3.05, 3.63) is 29.8 Å². The number of aryl methyl sites for hydroxylation is 1. The Balaban J connectivity index is 2.00. The van der Waals surface area contributed by atoms with Crippen LogP contribution in [-0.2, 0) is 11.2 Å². The van der Waals surface area contributed by atoms with Gasteiger partial charge in [0.2, 0.25) is 0 Å². The summed E-state index contributed by atoms with van der Waals surface area (Å²) in [5, 5.41) is 11.9. The highest BCUT2D eigenvalue weighted by molar-refractivity contribution is 5.90. The number of carbonyl (C=O) groups excluding carboxylic acids is 1. The lowest BCUT2D eigenvalue weighted by Crippen LogP contribution is -2.33. The maximum Gasteiger partial charge on any atom is 0.321 e. The fourth-order valence-corrected chi connectivity index (χ4v) is 2.53. The summed E-state index contributed by atoms with van der Waals surface area (Å²) in [6, 6.07) is 7.46. The summed E-state index contributed by atoms with van der Waals surface area (Å²) in [4.78, 5) is 24.8. The standard InChI is InChI=1S/C15H20N2O3/c1-3-11-5-4-6-12(7-11)16-15(20)17-8-10(2)13(9-17)14(18)19/h4-7,10,13H,3,8-9H2,1-2H3,(H,16,20)(H,18,19). The number of likely N-dealkylation sites (tertiary alicyclic amines) is 1. The Hall–Kier alpha value is -2.04. The van der Waals surface area contributed by atoms with Gasteiger partial charge in [0, 0.05) is 18.8 Å². The van der Waals surface area contributed by atoms with Crippen LogP contribution in [-0.4, -0.2) is 35.1 Å². The van der Waals surface area contributed by atoms with E-state index >= 15 is 0 Å². The third kappa shape index (κ3) is 3.10. The highest BCUT2D eigenvalue weighted by Crippen LogP contribution is 2.24. The van der Waals surface area contributed by atoms with Crippen LogP contribution in [0.4, 0.5) is 10.5 Å². The largest absolute Gasteiger partial charge is 0.481 e. The molecule has 2 unspecified atom stereocenters. The van der Waals surface area contributed by atoms with Crippen LogP contribution in [0.25, 0.3) is 0 Å². The van der Waals surface area contributed by atoms with E-state index in [1.54, 1.807) is 4.90 Å². The fraction of sp³-hybridized carbons (Fsp3) is 0.467. The van der Waals surface area contributed by atoms with Crippen molar-refractivity contribution in [2.24, 2.45) is 11.8 Å². The van der Waals surface area contributed by atoms with E-state index in [-0.39, 0.29) is 18.5 Å². The molecule has 1 heterocycles. The summed E-state index contributed by atoms with van der Waals surface area (Å²) in [6.45, 7) is 4.68. The lowest BCUT2D eigenvalue weighted by molar-refractivity contribution is -0.142. The Morgan fingerprint density at radius 1 is 1.40 bits per heavy atom. The SMILES string of the molecule is CCc1cccc(NC(=O)N2CC(C)C(C(=O)O)C2)c1. The van der Waals surface area contributed by atoms with Gasteiger partial charge in [-0.05, 0) is 30.0 Å². The van der Waals surface area contributed by atoms with E-state index in [0.29, 0.717) is 6.54 Å². The first-order valence-electron chi connectivity index (χ1n) is 6.89. The summed E-state index contributed by atoms with van der Waals surface area (Å²) in [6.07, 6.45) is 0.908. The number of nitrogens with one attached hydrogen (secondary N) is 1. The quantitative estimate of drug-likeness (QED) is 0.890. The molecule has 20 heavy (non-hydrogen) atoms. The molecule has 0 aromatic heterocycles. The summed E-state index contributed by atoms with van der Waals surface area (Å²) in [5.74, 6) is -1.32. The minimum atomic E-state index is -0.833. The highest BCUT2D eigenvalue weighted by atomic mass is 16.4. The van der Waals surface area contributed by atoms with E-state index in [0.717, 1.165) is 17.7 Å². The Morgan fingerprint density at radius 2 is 2.15 bits per heavy atom. The third-order valence-corrected chi connectivity index (χ3v) is 3.80. The van der Waals surface area contributed by atoms with Crippen LogP contribution in [0.2, 0.25) is 0 Å². The Bertz CT molecular complexity index is 516. The van der Waals surface area contributed by atoms with Crippen LogP contribution in [0, 0.1) is 11.8 Å². The number of hydrogen-bond acceptors (Lipinski definition) is 2. The summed E-state index contributed by atoms with van der Waals surface area (Å²) < 4.78 is 0. The number of aliphatic carboxylic acids is 1. The van der Waals surface area contributed by atoms with Crippen LogP contribution in [0.5, 0.6) is 0 Å². The van der Waals surface area contributed by atoms with E-state index < -0.39 is 11.9 Å². The summed E-state index contributed by atoms with van der Waals surface area (Å²) in [7, 11) is 0. The number of benzene rings is 1. The molecule has 0 aliphatic carbocycles. The Kier molecular flexibility index (Phi) is 4.27. The number of carboxylic acids is 1. The molecule has 1 saturated heterocycles. The second-order valence-electron chi connectivity index (χ2n) is 5.31. The van der Waals surface area contributed by atoms with Crippen LogP contribution >= 0.6 is 0 Å². The Labute approximate surface area is 118 Å². The monoisotopic (exact) mass is 276 g/mol. The minimum absolute atomic E-state index is 0.0137. The molecule has 5 heteroatoms. The van der Waals surface area contributed by atoms with Crippen molar-refractivity contribution in [1.82, 2.24) is 4.90 Å². The number of urea groups is 1. The predicted octanol–water partition coefficient (Wildman–Crippen LogP) is 2.43. The van der Waals surface area contributed by atoms with Crippen LogP contribution < -0.4 is 5.32 Å². The average Bonchev–Trinajstić information content (AvgIpc) is 2.81. The molecule has 1 aromatic rings. The molecule has 1 fully saturated rings. The normalized spacial score (nSPS) is 21.8. The van der Waals surface area contributed by atoms with Gasteiger partial charge in [0.1, 0.15) is 0 Å². The van der Waals surface area contributed by atoms with E-state index in [2.05, 4.69) is 12.2 Å². The van der Waals surface area contributed by atoms with E-state index in [9.17, 15) is 9.59 Å². The van der Waals surface area contributed by atoms with Gasteiger partial charge in [-0.25, -0.2) is 4.79 Å². The number of carbonyl (C=O) groups is 2. The van der Waals surface area contributed by atoms with Gasteiger partial charge in [-0.15, -0.1) is 0 Å². The number of carboxylic acid groups (broad SMARTS) is 1. The zero-order valence-corrected chi connectivity index (χ0v) is 11.8. The molecule has 1 aromatic carbocycles. The molecule has 2 amide bonds. The van der Waals surface area contributed by atoms with Crippen molar-refractivity contribution in [1.29, 1.82) is 0 Å². The van der Waals surface area contributed by atoms with Gasteiger partial charge in [-0.2, -0.15) is 0 Å². The van der Waals surface area contributed by atoms with Crippen molar-refractivity contribution < 1.29 is 14.7 Å². The molecule has 2 N–H and O–H groups in total. The number of amides is 2. The minimum Gasteiger partial charge on any atom is -0.481 e. The summed E-state index contributed by atoms with van der Waals surface area (Å²) >= 11 is 0. The average molecular weight is 276 g/mol. The second kappa shape index (κ2) is 5.94. The molecule has 2 atom stereocenters. The zero-order valence-electron chi connectivity index (χ0n) is 11.8. The maximum absolute atomic E-state index is 12.1. The first-order valence-corrected chi connectivity index (χ1v) is 6.89. The molecule has 2 rings (SSSR count). The first-order chi connectivity index (χ1) is 9.51. The molecule has 108 valence electrons. The van der Waals surface area contributed by atoms with E-state index in [1.807, 2.05) is 31.2 Å². The number of hydrogen-bond donors (Lipinski definition) is 2. The highest BCUT2D eigenvalue weighted by Gasteiger charge is 2.36. The molecule has 5 nitrogen and oxygen atoms in total. The van der Waals surface area contributed by atoms with Gasteiger partial charge in [-0.3, -0.25) is 4.79 Å². The van der Waals surface area contributed by atoms with Crippen LogP contribution in [0.1, 0.15) is 19.4 Å². The van der Waals surface area contributed by atoms with Crippen molar-refractivity contribution >= 4 is 17.7 Å². The van der Waals surface area contributed by atoms with Gasteiger partial charge in [-0.1, -0.05) is 26.0 Å². The molecule has 0 bridgehead atoms. The number of anilines is 1. The topological polar surface area (TPSA) is 69.6 Å². The molecular formula is C15H20N2O3. The smallest absolute Gasteiger partial charge is 0.321 e. The van der Waals surface area contributed by atoms with Crippen molar-refractivity contribution in [2.45, 2.75) is 20.3 Å². The van der Waals surface area contributed by atoms with Crippen LogP contribution in [0.15, 0.2) is 24.3 Å². The Morgan fingerprint density at radius 3 is 2.75 bits per heavy atom. The number of nitrogens with zero attached hydrogens (tertiary/aromatic N) is 1. The lowest BCUT2D eigenvalue weighted by atomic mass is 9.99. The fourth-order valence-electron chi connectivity index (χ4n) is 2.53. The van der Waals surface area contributed by atoms with Gasteiger partial charge in [0.15, 0.2) is 0 Å². The van der Waals surface area contributed by atoms with E-state index in [1.165, 1.54) is 0 Å². The molecular weight excluding hydrogens is 256 g/mol. The van der Waals surface area contributed by atoms with Gasteiger partial charge >= 0.3 is 12.0 Å². The van der Waals surface area contributed by atoms with Crippen molar-refractivity contribution in [2.75, 3.05) is 18.4 Å². The molecule has 0 spiro atoms. The lowest BCUT2D eigenvalue weighted by Gasteiger charge is -2.17.